The number of halogens is 1. The van der Waals surface area contributed by atoms with Crippen LogP contribution >= 0.6 is 15.9 Å². The van der Waals surface area contributed by atoms with E-state index >= 15 is 0 Å². The summed E-state index contributed by atoms with van der Waals surface area (Å²) in [6.07, 6.45) is 0. The van der Waals surface area contributed by atoms with Gasteiger partial charge in [0.1, 0.15) is 0 Å². The Kier molecular flexibility index (Phi) is 6.21. The van der Waals surface area contributed by atoms with Crippen LogP contribution in [0.5, 0.6) is 0 Å². The van der Waals surface area contributed by atoms with Crippen molar-refractivity contribution in [2.24, 2.45) is 0 Å². The molecule has 0 atom stereocenters. The van der Waals surface area contributed by atoms with Crippen LogP contribution in [0.15, 0.2) is 27.6 Å². The second-order valence-corrected chi connectivity index (χ2v) is 6.57. The number of aliphatic hydroxyl groups excluding tert-OH is 1. The maximum atomic E-state index is 12.5. The molecule has 0 heterocycles. The van der Waals surface area contributed by atoms with Crippen LogP contribution in [0.1, 0.15) is 0 Å². The molecule has 0 bridgehead atoms. The number of methoxy groups -OCH3 is 1. The van der Waals surface area contributed by atoms with Gasteiger partial charge in [-0.25, -0.2) is 8.42 Å². The van der Waals surface area contributed by atoms with Gasteiger partial charge in [0.2, 0.25) is 10.0 Å². The smallest absolute Gasteiger partial charge is 0.244 e. The van der Waals surface area contributed by atoms with E-state index < -0.39 is 10.0 Å². The molecule has 1 rings (SSSR count). The zero-order valence-corrected chi connectivity index (χ0v) is 12.9. The Morgan fingerprint density at radius 1 is 1.42 bits per heavy atom. The highest BCUT2D eigenvalue weighted by atomic mass is 79.9. The molecule has 0 aromatic heterocycles. The lowest BCUT2D eigenvalue weighted by Gasteiger charge is -2.21. The van der Waals surface area contributed by atoms with Gasteiger partial charge in [0.15, 0.2) is 0 Å². The van der Waals surface area contributed by atoms with E-state index in [0.717, 1.165) is 4.31 Å². The first-order valence-electron chi connectivity index (χ1n) is 5.58. The number of ether oxygens (including phenoxy) is 1. The molecular weight excluding hydrogens is 336 g/mol. The maximum Gasteiger partial charge on any atom is 0.244 e. The van der Waals surface area contributed by atoms with Crippen molar-refractivity contribution in [2.45, 2.75) is 4.90 Å². The number of nitrogens with two attached hydrogens (primary N) is 1. The lowest BCUT2D eigenvalue weighted by atomic mass is 10.3. The van der Waals surface area contributed by atoms with Crippen LogP contribution in [0.25, 0.3) is 0 Å². The average molecular weight is 353 g/mol. The van der Waals surface area contributed by atoms with Crippen molar-refractivity contribution < 1.29 is 18.3 Å². The number of anilines is 1. The summed E-state index contributed by atoms with van der Waals surface area (Å²) < 4.78 is 31.4. The molecule has 6 nitrogen and oxygen atoms in total. The molecule has 108 valence electrons. The molecule has 0 saturated carbocycles. The Bertz CT molecular complexity index is 521. The second kappa shape index (κ2) is 7.20. The maximum absolute atomic E-state index is 12.5. The molecule has 1 aromatic carbocycles. The van der Waals surface area contributed by atoms with Crippen molar-refractivity contribution in [1.29, 1.82) is 0 Å². The van der Waals surface area contributed by atoms with Gasteiger partial charge in [0, 0.05) is 30.4 Å². The minimum atomic E-state index is -3.72. The van der Waals surface area contributed by atoms with E-state index in [2.05, 4.69) is 15.9 Å². The zero-order chi connectivity index (χ0) is 14.5. The Morgan fingerprint density at radius 3 is 2.68 bits per heavy atom. The molecule has 0 radical (unpaired) electrons. The molecule has 0 unspecified atom stereocenters. The van der Waals surface area contributed by atoms with Crippen molar-refractivity contribution in [3.8, 4) is 0 Å². The summed E-state index contributed by atoms with van der Waals surface area (Å²) in [5.74, 6) is 0. The SMILES string of the molecule is COCCN(CCO)S(=O)(=O)c1cc(N)ccc1Br. The average Bonchev–Trinajstić information content (AvgIpc) is 2.37. The zero-order valence-electron chi connectivity index (χ0n) is 10.5. The number of aliphatic hydroxyl groups is 1. The molecule has 0 aliphatic rings. The minimum Gasteiger partial charge on any atom is -0.399 e. The first-order valence-corrected chi connectivity index (χ1v) is 7.81. The van der Waals surface area contributed by atoms with Gasteiger partial charge < -0.3 is 15.6 Å². The fourth-order valence-corrected chi connectivity index (χ4v) is 3.89. The molecule has 8 heteroatoms. The predicted molar refractivity (Wildman–Crippen MR) is 76.3 cm³/mol. The molecule has 0 saturated heterocycles. The number of hydrogen-bond acceptors (Lipinski definition) is 5. The van der Waals surface area contributed by atoms with Crippen LogP contribution in [-0.2, 0) is 14.8 Å². The number of hydrogen-bond donors (Lipinski definition) is 2. The highest BCUT2D eigenvalue weighted by Crippen LogP contribution is 2.26. The van der Waals surface area contributed by atoms with E-state index in [9.17, 15) is 8.42 Å². The molecule has 3 N–H and O–H groups in total. The molecule has 0 aliphatic heterocycles. The van der Waals surface area contributed by atoms with Crippen LogP contribution in [-0.4, -0.2) is 51.2 Å². The Labute approximate surface area is 121 Å². The third-order valence-corrected chi connectivity index (χ3v) is 5.36. The highest BCUT2D eigenvalue weighted by molar-refractivity contribution is 9.10. The first-order chi connectivity index (χ1) is 8.93. The Balaban J connectivity index is 3.14. The highest BCUT2D eigenvalue weighted by Gasteiger charge is 2.26. The molecule has 0 aliphatic carbocycles. The third-order valence-electron chi connectivity index (χ3n) is 2.47. The van der Waals surface area contributed by atoms with E-state index in [-0.39, 0.29) is 31.2 Å². The first kappa shape index (κ1) is 16.4. The summed E-state index contributed by atoms with van der Waals surface area (Å²) in [4.78, 5) is 0.0806. The van der Waals surface area contributed by atoms with Crippen molar-refractivity contribution in [1.82, 2.24) is 4.31 Å². The van der Waals surface area contributed by atoms with Crippen LogP contribution < -0.4 is 5.73 Å². The standard InChI is InChI=1S/C11H17BrN2O4S/c1-18-7-5-14(4-6-15)19(16,17)11-8-9(13)2-3-10(11)12/h2-3,8,15H,4-7,13H2,1H3. The number of sulfonamides is 1. The summed E-state index contributed by atoms with van der Waals surface area (Å²) >= 11 is 3.20. The molecule has 19 heavy (non-hydrogen) atoms. The van der Waals surface area contributed by atoms with E-state index in [4.69, 9.17) is 15.6 Å². The molecule has 0 amide bonds. The Morgan fingerprint density at radius 2 is 2.11 bits per heavy atom. The number of benzene rings is 1. The number of rotatable bonds is 7. The summed E-state index contributed by atoms with van der Waals surface area (Å²) in [6.45, 7) is 0.162. The lowest BCUT2D eigenvalue weighted by molar-refractivity contribution is 0.168. The van der Waals surface area contributed by atoms with Crippen molar-refractivity contribution in [2.75, 3.05) is 39.1 Å². The van der Waals surface area contributed by atoms with Crippen molar-refractivity contribution in [3.05, 3.63) is 22.7 Å². The van der Waals surface area contributed by atoms with E-state index in [1.807, 2.05) is 0 Å². The van der Waals surface area contributed by atoms with Crippen LogP contribution in [0.3, 0.4) is 0 Å². The molecular formula is C11H17BrN2O4S. The summed E-state index contributed by atoms with van der Waals surface area (Å²) in [5, 5.41) is 8.99. The number of nitrogens with zero attached hydrogens (tertiary/aromatic N) is 1. The fraction of sp³-hybridized carbons (Fsp3) is 0.455. The fourth-order valence-electron chi connectivity index (χ4n) is 1.51. The number of nitrogen functional groups attached to an aromatic ring is 1. The second-order valence-electron chi connectivity index (χ2n) is 3.81. The molecule has 0 fully saturated rings. The van der Waals surface area contributed by atoms with Crippen LogP contribution in [0.4, 0.5) is 5.69 Å². The monoisotopic (exact) mass is 352 g/mol. The topological polar surface area (TPSA) is 92.9 Å². The summed E-state index contributed by atoms with van der Waals surface area (Å²) in [6, 6.07) is 4.57. The van der Waals surface area contributed by atoms with Gasteiger partial charge in [-0.15, -0.1) is 0 Å². The van der Waals surface area contributed by atoms with Crippen molar-refractivity contribution in [3.63, 3.8) is 0 Å². The summed E-state index contributed by atoms with van der Waals surface area (Å²) in [5.41, 5.74) is 5.98. The van der Waals surface area contributed by atoms with E-state index in [1.54, 1.807) is 12.1 Å². The summed E-state index contributed by atoms with van der Waals surface area (Å²) in [7, 11) is -2.24. The lowest BCUT2D eigenvalue weighted by Crippen LogP contribution is -2.36. The van der Waals surface area contributed by atoms with Gasteiger partial charge in [0.25, 0.3) is 0 Å². The van der Waals surface area contributed by atoms with Gasteiger partial charge in [-0.3, -0.25) is 0 Å². The molecule has 0 spiro atoms. The van der Waals surface area contributed by atoms with Crippen LogP contribution in [0.2, 0.25) is 0 Å². The van der Waals surface area contributed by atoms with E-state index in [0.29, 0.717) is 10.2 Å². The van der Waals surface area contributed by atoms with Gasteiger partial charge in [0.05, 0.1) is 18.1 Å². The Hall–Kier alpha value is -0.670. The quantitative estimate of drug-likeness (QED) is 0.703. The van der Waals surface area contributed by atoms with Gasteiger partial charge in [-0.05, 0) is 34.1 Å². The van der Waals surface area contributed by atoms with Crippen LogP contribution in [0, 0.1) is 0 Å². The van der Waals surface area contributed by atoms with Gasteiger partial charge >= 0.3 is 0 Å². The largest absolute Gasteiger partial charge is 0.399 e. The van der Waals surface area contributed by atoms with Gasteiger partial charge in [-0.1, -0.05) is 0 Å². The van der Waals surface area contributed by atoms with Gasteiger partial charge in [-0.2, -0.15) is 4.31 Å². The third kappa shape index (κ3) is 4.15. The normalized spacial score (nSPS) is 12.0. The predicted octanol–water partition coefficient (Wildman–Crippen LogP) is 0.661. The minimum absolute atomic E-state index is 0.00688. The molecule has 1 aromatic rings. The van der Waals surface area contributed by atoms with Crippen molar-refractivity contribution >= 4 is 31.6 Å². The van der Waals surface area contributed by atoms with E-state index in [1.165, 1.54) is 13.2 Å².